The highest BCUT2D eigenvalue weighted by Crippen LogP contribution is 2.29. The number of thiazole rings is 1. The van der Waals surface area contributed by atoms with Crippen molar-refractivity contribution in [3.05, 3.63) is 11.1 Å². The van der Waals surface area contributed by atoms with Crippen molar-refractivity contribution >= 4 is 28.1 Å². The minimum Gasteiger partial charge on any atom is -0.358 e. The largest absolute Gasteiger partial charge is 0.358 e. The zero-order chi connectivity index (χ0) is 10.7. The van der Waals surface area contributed by atoms with E-state index in [0.29, 0.717) is 12.0 Å². The van der Waals surface area contributed by atoms with Gasteiger partial charge >= 0.3 is 0 Å². The van der Waals surface area contributed by atoms with Crippen molar-refractivity contribution in [2.24, 2.45) is 5.92 Å². The van der Waals surface area contributed by atoms with E-state index < -0.39 is 0 Å². The molecule has 1 fully saturated rings. The number of anilines is 1. The third kappa shape index (κ3) is 2.85. The molecule has 2 rings (SSSR count). The van der Waals surface area contributed by atoms with Crippen molar-refractivity contribution in [3.8, 4) is 0 Å². The van der Waals surface area contributed by atoms with E-state index in [0.717, 1.165) is 16.7 Å². The number of nitrogens with one attached hydrogen (secondary N) is 1. The van der Waals surface area contributed by atoms with Gasteiger partial charge in [-0.05, 0) is 25.7 Å². The van der Waals surface area contributed by atoms with Gasteiger partial charge in [0.25, 0.3) is 0 Å². The third-order valence-electron chi connectivity index (χ3n) is 3.04. The first-order valence-corrected chi connectivity index (χ1v) is 6.95. The second-order valence-corrected chi connectivity index (χ2v) is 5.41. The van der Waals surface area contributed by atoms with Crippen molar-refractivity contribution in [2.75, 3.05) is 11.2 Å². The van der Waals surface area contributed by atoms with Gasteiger partial charge in [-0.3, -0.25) is 0 Å². The van der Waals surface area contributed by atoms with Crippen LogP contribution in [0.1, 0.15) is 31.4 Å². The minimum absolute atomic E-state index is 0.529. The summed E-state index contributed by atoms with van der Waals surface area (Å²) in [4.78, 5) is 4.44. The summed E-state index contributed by atoms with van der Waals surface area (Å²) < 4.78 is 0. The summed E-state index contributed by atoms with van der Waals surface area (Å²) in [6.45, 7) is 2.03. The number of aromatic nitrogens is 1. The molecule has 15 heavy (non-hydrogen) atoms. The molecule has 0 bridgehead atoms. The van der Waals surface area contributed by atoms with Crippen LogP contribution in [-0.4, -0.2) is 16.9 Å². The zero-order valence-corrected chi connectivity index (χ0v) is 10.6. The number of hydrogen-bond donors (Lipinski definition) is 1. The average molecular weight is 245 g/mol. The normalized spacial score (nSPS) is 26.5. The van der Waals surface area contributed by atoms with Crippen LogP contribution in [0, 0.1) is 12.8 Å². The van der Waals surface area contributed by atoms with E-state index in [2.05, 4.69) is 15.7 Å². The zero-order valence-electron chi connectivity index (χ0n) is 9.00. The van der Waals surface area contributed by atoms with Crippen LogP contribution in [0.25, 0.3) is 0 Å². The van der Waals surface area contributed by atoms with Crippen LogP contribution in [0.15, 0.2) is 5.38 Å². The fourth-order valence-corrected chi connectivity index (χ4v) is 3.28. The van der Waals surface area contributed by atoms with Gasteiger partial charge in [-0.25, -0.2) is 4.98 Å². The first-order chi connectivity index (χ1) is 7.29. The van der Waals surface area contributed by atoms with E-state index in [1.807, 2.05) is 6.92 Å². The standard InChI is InChI=1S/C11H17ClN2S/c1-8-7-15-11(13-8)14-10-5-3-2-4-9(10)6-12/h7,9-10H,2-6H2,1H3,(H,13,14). The lowest BCUT2D eigenvalue weighted by Gasteiger charge is -2.30. The number of halogens is 1. The summed E-state index contributed by atoms with van der Waals surface area (Å²) in [5.41, 5.74) is 1.10. The van der Waals surface area contributed by atoms with Crippen molar-refractivity contribution < 1.29 is 0 Å². The van der Waals surface area contributed by atoms with Crippen LogP contribution >= 0.6 is 22.9 Å². The second kappa shape index (κ2) is 5.17. The van der Waals surface area contributed by atoms with Crippen molar-refractivity contribution in [3.63, 3.8) is 0 Å². The van der Waals surface area contributed by atoms with Crippen LogP contribution < -0.4 is 5.32 Å². The summed E-state index contributed by atoms with van der Waals surface area (Å²) >= 11 is 7.68. The molecule has 0 spiro atoms. The lowest BCUT2D eigenvalue weighted by Crippen LogP contribution is -2.33. The van der Waals surface area contributed by atoms with E-state index in [-0.39, 0.29) is 0 Å². The number of rotatable bonds is 3. The Morgan fingerprint density at radius 2 is 2.33 bits per heavy atom. The Morgan fingerprint density at radius 1 is 1.53 bits per heavy atom. The topological polar surface area (TPSA) is 24.9 Å². The Balaban J connectivity index is 1.97. The van der Waals surface area contributed by atoms with Crippen LogP contribution in [0.5, 0.6) is 0 Å². The maximum Gasteiger partial charge on any atom is 0.183 e. The molecular formula is C11H17ClN2S. The molecule has 2 nitrogen and oxygen atoms in total. The maximum atomic E-state index is 5.99. The van der Waals surface area contributed by atoms with E-state index in [1.165, 1.54) is 25.7 Å². The van der Waals surface area contributed by atoms with Crippen LogP contribution in [0.2, 0.25) is 0 Å². The molecule has 2 atom stereocenters. The smallest absolute Gasteiger partial charge is 0.183 e. The summed E-state index contributed by atoms with van der Waals surface area (Å²) in [5, 5.41) is 6.66. The Bertz CT molecular complexity index is 313. The molecule has 2 unspecified atom stereocenters. The van der Waals surface area contributed by atoms with Crippen molar-refractivity contribution in [2.45, 2.75) is 38.6 Å². The van der Waals surface area contributed by atoms with Crippen molar-refractivity contribution in [1.29, 1.82) is 0 Å². The van der Waals surface area contributed by atoms with E-state index >= 15 is 0 Å². The maximum absolute atomic E-state index is 5.99. The SMILES string of the molecule is Cc1csc(NC2CCCCC2CCl)n1. The highest BCUT2D eigenvalue weighted by atomic mass is 35.5. The fourth-order valence-electron chi connectivity index (χ4n) is 2.16. The molecule has 0 aromatic carbocycles. The van der Waals surface area contributed by atoms with Gasteiger partial charge in [-0.1, -0.05) is 12.8 Å². The molecule has 1 aromatic rings. The number of hydrogen-bond acceptors (Lipinski definition) is 3. The van der Waals surface area contributed by atoms with Gasteiger partial charge in [0.05, 0.1) is 5.69 Å². The lowest BCUT2D eigenvalue weighted by molar-refractivity contribution is 0.353. The average Bonchev–Trinajstić information content (AvgIpc) is 2.65. The highest BCUT2D eigenvalue weighted by Gasteiger charge is 2.24. The molecular weight excluding hydrogens is 228 g/mol. The third-order valence-corrected chi connectivity index (χ3v) is 4.32. The van der Waals surface area contributed by atoms with Crippen LogP contribution in [0.4, 0.5) is 5.13 Å². The first-order valence-electron chi connectivity index (χ1n) is 5.54. The van der Waals surface area contributed by atoms with Gasteiger partial charge in [-0.2, -0.15) is 0 Å². The quantitative estimate of drug-likeness (QED) is 0.821. The summed E-state index contributed by atoms with van der Waals surface area (Å²) in [6, 6.07) is 0.529. The number of aryl methyl sites for hydroxylation is 1. The molecule has 1 heterocycles. The molecule has 1 aliphatic carbocycles. The van der Waals surface area contributed by atoms with Gasteiger partial charge in [0.15, 0.2) is 5.13 Å². The summed E-state index contributed by atoms with van der Waals surface area (Å²) in [5.74, 6) is 1.38. The molecule has 1 aliphatic rings. The highest BCUT2D eigenvalue weighted by molar-refractivity contribution is 7.13. The Hall–Kier alpha value is -0.280. The first kappa shape index (κ1) is 11.2. The van der Waals surface area contributed by atoms with Gasteiger partial charge in [-0.15, -0.1) is 22.9 Å². The van der Waals surface area contributed by atoms with Gasteiger partial charge in [0, 0.05) is 17.3 Å². The van der Waals surface area contributed by atoms with Gasteiger partial charge < -0.3 is 5.32 Å². The Morgan fingerprint density at radius 3 is 3.00 bits per heavy atom. The molecule has 1 saturated carbocycles. The molecule has 0 radical (unpaired) electrons. The van der Waals surface area contributed by atoms with Crippen LogP contribution in [-0.2, 0) is 0 Å². The Labute approximate surface area is 100 Å². The minimum atomic E-state index is 0.529. The Kier molecular flexibility index (Phi) is 3.87. The molecule has 1 aromatic heterocycles. The van der Waals surface area contributed by atoms with E-state index in [9.17, 15) is 0 Å². The molecule has 1 N–H and O–H groups in total. The summed E-state index contributed by atoms with van der Waals surface area (Å²) in [7, 11) is 0. The van der Waals surface area contributed by atoms with Gasteiger partial charge in [0.2, 0.25) is 0 Å². The van der Waals surface area contributed by atoms with E-state index in [1.54, 1.807) is 11.3 Å². The van der Waals surface area contributed by atoms with Crippen LogP contribution in [0.3, 0.4) is 0 Å². The number of alkyl halides is 1. The summed E-state index contributed by atoms with van der Waals surface area (Å²) in [6.07, 6.45) is 5.13. The van der Waals surface area contributed by atoms with Gasteiger partial charge in [0.1, 0.15) is 0 Å². The molecule has 84 valence electrons. The molecule has 0 aliphatic heterocycles. The predicted molar refractivity (Wildman–Crippen MR) is 66.9 cm³/mol. The molecule has 4 heteroatoms. The van der Waals surface area contributed by atoms with Crippen molar-refractivity contribution in [1.82, 2.24) is 4.98 Å². The second-order valence-electron chi connectivity index (χ2n) is 4.24. The number of nitrogens with zero attached hydrogens (tertiary/aromatic N) is 1. The van der Waals surface area contributed by atoms with E-state index in [4.69, 9.17) is 11.6 Å². The monoisotopic (exact) mass is 244 g/mol. The molecule has 0 saturated heterocycles. The predicted octanol–water partition coefficient (Wildman–Crippen LogP) is 3.66. The fraction of sp³-hybridized carbons (Fsp3) is 0.727. The molecule has 0 amide bonds. The lowest BCUT2D eigenvalue weighted by atomic mass is 9.86.